The predicted molar refractivity (Wildman–Crippen MR) is 91.4 cm³/mol. The fourth-order valence-electron chi connectivity index (χ4n) is 1.67. The molecule has 0 aliphatic rings. The molecule has 0 bridgehead atoms. The third-order valence-electron chi connectivity index (χ3n) is 2.75. The second-order valence-electron chi connectivity index (χ2n) is 4.55. The van der Waals surface area contributed by atoms with Gasteiger partial charge >= 0.3 is 12.1 Å². The van der Waals surface area contributed by atoms with Gasteiger partial charge < -0.3 is 26.6 Å². The largest absolute Gasteiger partial charge is 0.480 e. The van der Waals surface area contributed by atoms with Gasteiger partial charge in [-0.1, -0.05) is 30.3 Å². The number of nitrogens with zero attached hydrogens (tertiary/aromatic N) is 1. The average molecular weight is 389 g/mol. The quantitative estimate of drug-likeness (QED) is 0.297. The zero-order valence-corrected chi connectivity index (χ0v) is 14.2. The van der Waals surface area contributed by atoms with Crippen molar-refractivity contribution in [3.05, 3.63) is 35.9 Å². The third kappa shape index (κ3) is 9.35. The zero-order chi connectivity index (χ0) is 16.4. The molecule has 0 saturated carbocycles. The van der Waals surface area contributed by atoms with E-state index in [1.165, 1.54) is 0 Å². The molecule has 0 aliphatic heterocycles. The fourth-order valence-corrected chi connectivity index (χ4v) is 1.67. The number of carboxylic acids is 1. The first-order chi connectivity index (χ1) is 10.5. The van der Waals surface area contributed by atoms with Crippen molar-refractivity contribution in [2.45, 2.75) is 25.5 Å². The molecule has 0 unspecified atom stereocenters. The van der Waals surface area contributed by atoms with Crippen molar-refractivity contribution in [1.82, 2.24) is 5.32 Å². The van der Waals surface area contributed by atoms with Gasteiger partial charge in [0.25, 0.3) is 0 Å². The summed E-state index contributed by atoms with van der Waals surface area (Å²) < 4.78 is 4.97. The van der Waals surface area contributed by atoms with Crippen LogP contribution in [0.3, 0.4) is 0 Å². The molecule has 1 rings (SSSR count). The summed E-state index contributed by atoms with van der Waals surface area (Å²) in [5.74, 6) is -1.19. The summed E-state index contributed by atoms with van der Waals surface area (Å²) in [7, 11) is 0. The zero-order valence-electron chi connectivity index (χ0n) is 12.5. The van der Waals surface area contributed by atoms with Crippen LogP contribution in [0.1, 0.15) is 18.4 Å². The summed E-state index contributed by atoms with van der Waals surface area (Å²) >= 11 is 0. The molecule has 1 atom stereocenters. The minimum Gasteiger partial charge on any atom is -0.480 e. The van der Waals surface area contributed by atoms with Gasteiger partial charge in [0.05, 0.1) is 0 Å². The summed E-state index contributed by atoms with van der Waals surface area (Å²) in [6.07, 6.45) is -0.154. The number of nitrogens with one attached hydrogen (secondary N) is 1. The number of ether oxygens (including phenoxy) is 1. The van der Waals surface area contributed by atoms with E-state index in [2.05, 4.69) is 10.3 Å². The Morgan fingerprint density at radius 2 is 1.91 bits per heavy atom. The van der Waals surface area contributed by atoms with Crippen LogP contribution in [0, 0.1) is 0 Å². The molecule has 0 saturated heterocycles. The molecule has 0 radical (unpaired) electrons. The minimum absolute atomic E-state index is 0. The van der Waals surface area contributed by atoms with Gasteiger partial charge in [-0.3, -0.25) is 4.99 Å². The number of carbonyl (C=O) groups excluding carboxylic acids is 1. The maximum Gasteiger partial charge on any atom is 0.408 e. The topological polar surface area (TPSA) is 140 Å². The van der Waals surface area contributed by atoms with Gasteiger partial charge in [0.1, 0.15) is 12.6 Å². The number of hydrogen-bond acceptors (Lipinski definition) is 4. The summed E-state index contributed by atoms with van der Waals surface area (Å²) in [6, 6.07) is 8.05. The predicted octanol–water partition coefficient (Wildman–Crippen LogP) is 0.998. The van der Waals surface area contributed by atoms with Crippen LogP contribution in [-0.2, 0) is 16.1 Å². The van der Waals surface area contributed by atoms with Crippen LogP contribution >= 0.6 is 17.0 Å². The first-order valence-electron chi connectivity index (χ1n) is 6.74. The van der Waals surface area contributed by atoms with Crippen molar-refractivity contribution < 1.29 is 19.4 Å². The summed E-state index contributed by atoms with van der Waals surface area (Å²) in [5, 5.41) is 11.4. The second-order valence-corrected chi connectivity index (χ2v) is 4.55. The Hall–Kier alpha value is -2.29. The van der Waals surface area contributed by atoms with Gasteiger partial charge in [-0.25, -0.2) is 9.59 Å². The number of alkyl carbamates (subject to hydrolysis) is 1. The van der Waals surface area contributed by atoms with Gasteiger partial charge in [-0.2, -0.15) is 0 Å². The lowest BCUT2D eigenvalue weighted by Gasteiger charge is -2.14. The van der Waals surface area contributed by atoms with E-state index in [1.54, 1.807) is 12.1 Å². The Bertz CT molecular complexity index is 521. The Morgan fingerprint density at radius 3 is 2.48 bits per heavy atom. The van der Waals surface area contributed by atoms with Crippen LogP contribution in [0.4, 0.5) is 4.79 Å². The van der Waals surface area contributed by atoms with E-state index in [-0.39, 0.29) is 36.0 Å². The van der Waals surface area contributed by atoms with Gasteiger partial charge in [-0.15, -0.1) is 17.0 Å². The Labute approximate surface area is 144 Å². The van der Waals surface area contributed by atoms with E-state index < -0.39 is 18.1 Å². The Kier molecular flexibility index (Phi) is 10.2. The molecule has 1 amide bonds. The number of aliphatic imine (C=N–C) groups is 1. The van der Waals surface area contributed by atoms with Crippen LogP contribution in [0.2, 0.25) is 0 Å². The fraction of sp³-hybridized carbons (Fsp3) is 0.357. The highest BCUT2D eigenvalue weighted by molar-refractivity contribution is 8.93. The Balaban J connectivity index is 0.00000484. The minimum atomic E-state index is -1.14. The highest BCUT2D eigenvalue weighted by atomic mass is 79.9. The molecule has 23 heavy (non-hydrogen) atoms. The van der Waals surface area contributed by atoms with E-state index >= 15 is 0 Å². The number of rotatable bonds is 8. The summed E-state index contributed by atoms with van der Waals surface area (Å²) in [6.45, 7) is 0.375. The molecule has 1 aromatic rings. The number of amides is 1. The van der Waals surface area contributed by atoms with Crippen molar-refractivity contribution in [3.8, 4) is 0 Å². The second kappa shape index (κ2) is 11.3. The Morgan fingerprint density at radius 1 is 1.26 bits per heavy atom. The molecule has 0 aliphatic carbocycles. The van der Waals surface area contributed by atoms with E-state index in [1.807, 2.05) is 18.2 Å². The van der Waals surface area contributed by atoms with E-state index in [0.29, 0.717) is 13.0 Å². The first kappa shape index (κ1) is 20.7. The highest BCUT2D eigenvalue weighted by Crippen LogP contribution is 2.03. The van der Waals surface area contributed by atoms with Crippen LogP contribution < -0.4 is 16.8 Å². The SMILES string of the molecule is Br.NC(N)=NCCC[C@H](NC(=O)OCc1ccccc1)C(=O)O. The molecule has 0 heterocycles. The van der Waals surface area contributed by atoms with Gasteiger partial charge in [0, 0.05) is 6.54 Å². The smallest absolute Gasteiger partial charge is 0.408 e. The average Bonchev–Trinajstić information content (AvgIpc) is 2.48. The lowest BCUT2D eigenvalue weighted by atomic mass is 10.1. The molecule has 6 N–H and O–H groups in total. The number of guanidine groups is 1. The van der Waals surface area contributed by atoms with Crippen molar-refractivity contribution >= 4 is 35.0 Å². The van der Waals surface area contributed by atoms with Crippen LogP contribution in [0.5, 0.6) is 0 Å². The molecule has 9 heteroatoms. The van der Waals surface area contributed by atoms with Gasteiger partial charge in [-0.05, 0) is 18.4 Å². The third-order valence-corrected chi connectivity index (χ3v) is 2.75. The molecular formula is C14H21BrN4O4. The van der Waals surface area contributed by atoms with Crippen molar-refractivity contribution in [3.63, 3.8) is 0 Å². The number of halogens is 1. The van der Waals surface area contributed by atoms with Gasteiger partial charge in [0.2, 0.25) is 0 Å². The van der Waals surface area contributed by atoms with E-state index in [4.69, 9.17) is 21.3 Å². The van der Waals surface area contributed by atoms with E-state index in [9.17, 15) is 9.59 Å². The van der Waals surface area contributed by atoms with Crippen molar-refractivity contribution in [1.29, 1.82) is 0 Å². The van der Waals surface area contributed by atoms with Gasteiger partial charge in [0.15, 0.2) is 5.96 Å². The first-order valence-corrected chi connectivity index (χ1v) is 6.74. The maximum absolute atomic E-state index is 11.6. The van der Waals surface area contributed by atoms with Crippen LogP contribution in [0.25, 0.3) is 0 Å². The number of aliphatic carboxylic acids is 1. The number of carbonyl (C=O) groups is 2. The molecule has 0 fully saturated rings. The lowest BCUT2D eigenvalue weighted by molar-refractivity contribution is -0.139. The highest BCUT2D eigenvalue weighted by Gasteiger charge is 2.20. The van der Waals surface area contributed by atoms with Crippen LogP contribution in [-0.4, -0.2) is 35.7 Å². The summed E-state index contributed by atoms with van der Waals surface area (Å²) in [5.41, 5.74) is 11.1. The number of nitrogens with two attached hydrogens (primary N) is 2. The number of hydrogen-bond donors (Lipinski definition) is 4. The number of carboxylic acid groups (broad SMARTS) is 1. The normalized spacial score (nSPS) is 10.8. The molecule has 0 spiro atoms. The maximum atomic E-state index is 11.6. The van der Waals surface area contributed by atoms with Crippen LogP contribution in [0.15, 0.2) is 35.3 Å². The van der Waals surface area contributed by atoms with Crippen molar-refractivity contribution in [2.24, 2.45) is 16.5 Å². The molecule has 128 valence electrons. The molecule has 1 aromatic carbocycles. The monoisotopic (exact) mass is 388 g/mol. The summed E-state index contributed by atoms with van der Waals surface area (Å²) in [4.78, 5) is 26.4. The standard InChI is InChI=1S/C14H20N4O4.BrH/c15-13(16)17-8-4-7-11(12(19)20)18-14(21)22-9-10-5-2-1-3-6-10;/h1-3,5-6,11H,4,7-9H2,(H,18,21)(H,19,20)(H4,15,16,17);1H/t11-;/m0./s1. The molecule has 0 aromatic heterocycles. The number of benzene rings is 1. The lowest BCUT2D eigenvalue weighted by Crippen LogP contribution is -2.41. The van der Waals surface area contributed by atoms with E-state index in [0.717, 1.165) is 5.56 Å². The molecule has 8 nitrogen and oxygen atoms in total. The molecular weight excluding hydrogens is 368 g/mol. The van der Waals surface area contributed by atoms with Crippen molar-refractivity contribution in [2.75, 3.05) is 6.54 Å².